The standard InChI is InChI=1S/C19H23BrN2O4S/c1-5-22(6-2)27(23,24)16-9-7-15(8-10-16)21-13-14-11-17(20)19(26-4)12-18(14)25-3/h7-13H,5-6H2,1-4H3. The molecule has 0 saturated heterocycles. The lowest BCUT2D eigenvalue weighted by atomic mass is 10.2. The third-order valence-electron chi connectivity index (χ3n) is 4.04. The van der Waals surface area contributed by atoms with Gasteiger partial charge >= 0.3 is 0 Å². The predicted molar refractivity (Wildman–Crippen MR) is 111 cm³/mol. The summed E-state index contributed by atoms with van der Waals surface area (Å²) in [5.41, 5.74) is 1.41. The van der Waals surface area contributed by atoms with Crippen molar-refractivity contribution in [2.75, 3.05) is 27.3 Å². The summed E-state index contributed by atoms with van der Waals surface area (Å²) in [5, 5.41) is 0. The highest BCUT2D eigenvalue weighted by Gasteiger charge is 2.21. The highest BCUT2D eigenvalue weighted by atomic mass is 79.9. The molecule has 0 saturated carbocycles. The zero-order valence-corrected chi connectivity index (χ0v) is 18.2. The van der Waals surface area contributed by atoms with Gasteiger partial charge < -0.3 is 9.47 Å². The molecule has 0 aliphatic rings. The molecule has 2 aromatic rings. The molecule has 0 bridgehead atoms. The van der Waals surface area contributed by atoms with Gasteiger partial charge in [-0.2, -0.15) is 4.31 Å². The van der Waals surface area contributed by atoms with Crippen LogP contribution in [0.2, 0.25) is 0 Å². The van der Waals surface area contributed by atoms with Crippen molar-refractivity contribution >= 4 is 37.9 Å². The molecule has 0 aromatic heterocycles. The molecule has 2 aromatic carbocycles. The number of aliphatic imine (C=N–C) groups is 1. The van der Waals surface area contributed by atoms with E-state index in [1.54, 1.807) is 50.8 Å². The maximum atomic E-state index is 12.5. The maximum Gasteiger partial charge on any atom is 0.243 e. The molecule has 27 heavy (non-hydrogen) atoms. The van der Waals surface area contributed by atoms with Gasteiger partial charge in [-0.1, -0.05) is 13.8 Å². The van der Waals surface area contributed by atoms with Crippen LogP contribution in [0.15, 0.2) is 50.8 Å². The molecule has 0 radical (unpaired) electrons. The zero-order valence-electron chi connectivity index (χ0n) is 15.8. The number of ether oxygens (including phenoxy) is 2. The van der Waals surface area contributed by atoms with Gasteiger partial charge in [0.25, 0.3) is 0 Å². The number of rotatable bonds is 8. The van der Waals surface area contributed by atoms with Gasteiger partial charge in [0.2, 0.25) is 10.0 Å². The second-order valence-corrected chi connectivity index (χ2v) is 8.36. The van der Waals surface area contributed by atoms with Crippen LogP contribution in [0, 0.1) is 0 Å². The van der Waals surface area contributed by atoms with E-state index in [0.717, 1.165) is 10.0 Å². The van der Waals surface area contributed by atoms with Crippen LogP contribution in [0.25, 0.3) is 0 Å². The van der Waals surface area contributed by atoms with Crippen molar-refractivity contribution in [3.63, 3.8) is 0 Å². The third kappa shape index (κ3) is 4.88. The monoisotopic (exact) mass is 454 g/mol. The Morgan fingerprint density at radius 3 is 2.15 bits per heavy atom. The topological polar surface area (TPSA) is 68.2 Å². The molecule has 0 N–H and O–H groups in total. The maximum absolute atomic E-state index is 12.5. The average Bonchev–Trinajstić information content (AvgIpc) is 2.67. The predicted octanol–water partition coefficient (Wildman–Crippen LogP) is 4.25. The minimum absolute atomic E-state index is 0.259. The van der Waals surface area contributed by atoms with Crippen LogP contribution in [-0.4, -0.2) is 46.2 Å². The van der Waals surface area contributed by atoms with Gasteiger partial charge in [-0.3, -0.25) is 4.99 Å². The molecule has 0 fully saturated rings. The Hall–Kier alpha value is -1.90. The molecule has 146 valence electrons. The van der Waals surface area contributed by atoms with Crippen molar-refractivity contribution in [2.24, 2.45) is 4.99 Å². The first kappa shape index (κ1) is 21.4. The highest BCUT2D eigenvalue weighted by Crippen LogP contribution is 2.32. The summed E-state index contributed by atoms with van der Waals surface area (Å²) in [6.45, 7) is 4.51. The lowest BCUT2D eigenvalue weighted by Gasteiger charge is -2.18. The quantitative estimate of drug-likeness (QED) is 0.559. The fourth-order valence-electron chi connectivity index (χ4n) is 2.55. The van der Waals surface area contributed by atoms with Crippen LogP contribution in [-0.2, 0) is 10.0 Å². The first-order valence-electron chi connectivity index (χ1n) is 8.43. The number of sulfonamides is 1. The number of hydrogen-bond acceptors (Lipinski definition) is 5. The van der Waals surface area contributed by atoms with Crippen LogP contribution in [0.4, 0.5) is 5.69 Å². The van der Waals surface area contributed by atoms with Gasteiger partial charge in [-0.25, -0.2) is 8.42 Å². The number of nitrogens with zero attached hydrogens (tertiary/aromatic N) is 2. The first-order valence-corrected chi connectivity index (χ1v) is 10.7. The van der Waals surface area contributed by atoms with Crippen molar-refractivity contribution < 1.29 is 17.9 Å². The van der Waals surface area contributed by atoms with E-state index in [4.69, 9.17) is 9.47 Å². The van der Waals surface area contributed by atoms with Crippen molar-refractivity contribution in [3.05, 3.63) is 46.4 Å². The normalized spacial score (nSPS) is 11.9. The van der Waals surface area contributed by atoms with E-state index in [2.05, 4.69) is 20.9 Å². The Kier molecular flexibility index (Phi) is 7.41. The number of halogens is 1. The fraction of sp³-hybridized carbons (Fsp3) is 0.316. The fourth-order valence-corrected chi connectivity index (χ4v) is 4.53. The number of methoxy groups -OCH3 is 2. The molecule has 2 rings (SSSR count). The Bertz CT molecular complexity index is 908. The summed E-state index contributed by atoms with van der Waals surface area (Å²) in [4.78, 5) is 4.67. The third-order valence-corrected chi connectivity index (χ3v) is 6.72. The molecular weight excluding hydrogens is 432 g/mol. The first-order chi connectivity index (χ1) is 12.9. The van der Waals surface area contributed by atoms with Crippen LogP contribution < -0.4 is 9.47 Å². The number of hydrogen-bond donors (Lipinski definition) is 0. The van der Waals surface area contributed by atoms with E-state index in [1.807, 2.05) is 19.9 Å². The Morgan fingerprint density at radius 2 is 1.63 bits per heavy atom. The van der Waals surface area contributed by atoms with E-state index in [0.29, 0.717) is 30.3 Å². The number of benzene rings is 2. The van der Waals surface area contributed by atoms with Gasteiger partial charge in [-0.05, 0) is 46.3 Å². The summed E-state index contributed by atoms with van der Waals surface area (Å²) >= 11 is 3.44. The van der Waals surface area contributed by atoms with Crippen molar-refractivity contribution in [1.29, 1.82) is 0 Å². The smallest absolute Gasteiger partial charge is 0.243 e. The molecule has 0 amide bonds. The van der Waals surface area contributed by atoms with Gasteiger partial charge in [-0.15, -0.1) is 0 Å². The van der Waals surface area contributed by atoms with Crippen molar-refractivity contribution in [2.45, 2.75) is 18.7 Å². The Morgan fingerprint density at radius 1 is 1.04 bits per heavy atom. The largest absolute Gasteiger partial charge is 0.496 e. The van der Waals surface area contributed by atoms with Crippen LogP contribution in [0.5, 0.6) is 11.5 Å². The SMILES string of the molecule is CCN(CC)S(=O)(=O)c1ccc(N=Cc2cc(Br)c(OC)cc2OC)cc1. The van der Waals surface area contributed by atoms with Gasteiger partial charge in [0.1, 0.15) is 11.5 Å². The summed E-state index contributed by atoms with van der Waals surface area (Å²) in [6, 6.07) is 10.1. The lowest BCUT2D eigenvalue weighted by Crippen LogP contribution is -2.30. The minimum Gasteiger partial charge on any atom is -0.496 e. The van der Waals surface area contributed by atoms with E-state index in [1.165, 1.54) is 4.31 Å². The average molecular weight is 455 g/mol. The molecule has 0 atom stereocenters. The van der Waals surface area contributed by atoms with E-state index in [-0.39, 0.29) is 4.90 Å². The highest BCUT2D eigenvalue weighted by molar-refractivity contribution is 9.10. The van der Waals surface area contributed by atoms with Gasteiger partial charge in [0.15, 0.2) is 0 Å². The second-order valence-electron chi connectivity index (χ2n) is 5.57. The summed E-state index contributed by atoms with van der Waals surface area (Å²) in [6.07, 6.45) is 1.66. The molecule has 8 heteroatoms. The van der Waals surface area contributed by atoms with Crippen LogP contribution in [0.3, 0.4) is 0 Å². The summed E-state index contributed by atoms with van der Waals surface area (Å²) in [7, 11) is -0.307. The minimum atomic E-state index is -3.47. The second kappa shape index (κ2) is 9.34. The molecule has 0 heterocycles. The zero-order chi connectivity index (χ0) is 20.0. The van der Waals surface area contributed by atoms with Gasteiger partial charge in [0.05, 0.1) is 29.3 Å². The van der Waals surface area contributed by atoms with Crippen LogP contribution in [0.1, 0.15) is 19.4 Å². The van der Waals surface area contributed by atoms with E-state index >= 15 is 0 Å². The lowest BCUT2D eigenvalue weighted by molar-refractivity contribution is 0.392. The Balaban J connectivity index is 2.28. The van der Waals surface area contributed by atoms with E-state index in [9.17, 15) is 8.42 Å². The van der Waals surface area contributed by atoms with E-state index < -0.39 is 10.0 Å². The van der Waals surface area contributed by atoms with Gasteiger partial charge in [0, 0.05) is 30.9 Å². The Labute approximate surface area is 169 Å². The van der Waals surface area contributed by atoms with Crippen LogP contribution >= 0.6 is 15.9 Å². The summed E-state index contributed by atoms with van der Waals surface area (Å²) < 4.78 is 37.9. The molecule has 0 aliphatic carbocycles. The molecule has 0 aliphatic heterocycles. The molecule has 6 nitrogen and oxygen atoms in total. The summed E-state index contributed by atoms with van der Waals surface area (Å²) in [5.74, 6) is 1.29. The molecule has 0 unspecified atom stereocenters. The molecule has 0 spiro atoms. The van der Waals surface area contributed by atoms with Crippen molar-refractivity contribution in [3.8, 4) is 11.5 Å². The molecular formula is C19H23BrN2O4S. The van der Waals surface area contributed by atoms with Crippen molar-refractivity contribution in [1.82, 2.24) is 4.31 Å².